The van der Waals surface area contributed by atoms with Crippen molar-refractivity contribution in [3.63, 3.8) is 0 Å². The van der Waals surface area contributed by atoms with Gasteiger partial charge in [-0.1, -0.05) is 58.3 Å². The van der Waals surface area contributed by atoms with E-state index in [-0.39, 0.29) is 13.1 Å². The third-order valence-corrected chi connectivity index (χ3v) is 6.58. The van der Waals surface area contributed by atoms with Crippen LogP contribution in [0.2, 0.25) is 0 Å². The Labute approximate surface area is 237 Å². The van der Waals surface area contributed by atoms with Crippen LogP contribution in [0.25, 0.3) is 0 Å². The predicted octanol–water partition coefficient (Wildman–Crippen LogP) is 3.76. The van der Waals surface area contributed by atoms with Crippen molar-refractivity contribution in [2.75, 3.05) is 26.3 Å². The van der Waals surface area contributed by atoms with E-state index in [0.717, 1.165) is 64.2 Å². The fraction of sp³-hybridized carbons (Fsp3) is 0.821. The molecule has 1 heterocycles. The van der Waals surface area contributed by atoms with Gasteiger partial charge in [0, 0.05) is 32.7 Å². The molecule has 1 rings (SSSR count). The van der Waals surface area contributed by atoms with E-state index in [4.69, 9.17) is 9.47 Å². The molecule has 1 aromatic rings. The molecule has 0 bridgehead atoms. The van der Waals surface area contributed by atoms with E-state index in [0.29, 0.717) is 52.1 Å². The lowest BCUT2D eigenvalue weighted by Crippen LogP contribution is -2.54. The van der Waals surface area contributed by atoms with Crippen LogP contribution in [0.4, 0.5) is 9.59 Å². The van der Waals surface area contributed by atoms with E-state index in [9.17, 15) is 24.0 Å². The van der Waals surface area contributed by atoms with Gasteiger partial charge in [-0.25, -0.2) is 37.7 Å². The molecular weight excluding hydrogens is 518 g/mol. The molecule has 0 saturated heterocycles. The van der Waals surface area contributed by atoms with Crippen molar-refractivity contribution >= 4 is 12.2 Å². The Morgan fingerprint density at radius 1 is 0.525 bits per heavy atom. The Balaban J connectivity index is 2.75. The fourth-order valence-electron chi connectivity index (χ4n) is 4.37. The highest BCUT2D eigenvalue weighted by Crippen LogP contribution is 2.04. The van der Waals surface area contributed by atoms with Crippen molar-refractivity contribution in [3.05, 3.63) is 31.5 Å². The number of nitrogens with one attached hydrogen (secondary N) is 2. The van der Waals surface area contributed by atoms with Gasteiger partial charge in [0.2, 0.25) is 0 Å². The molecule has 0 aromatic carbocycles. The number of hydrogen-bond acceptors (Lipinski definition) is 7. The Hall–Kier alpha value is -3.05. The molecule has 0 aliphatic heterocycles. The van der Waals surface area contributed by atoms with Crippen LogP contribution in [0.3, 0.4) is 0 Å². The topological polar surface area (TPSA) is 143 Å². The van der Waals surface area contributed by atoms with Gasteiger partial charge in [-0.15, -0.1) is 0 Å². The SMILES string of the molecule is CCCCCCCn1c(=O)n(CCCCCCNC(=O)OCC)c(=O)n(CCCCCCNC(=O)OCC)c1=O. The highest BCUT2D eigenvalue weighted by atomic mass is 16.6. The summed E-state index contributed by atoms with van der Waals surface area (Å²) < 4.78 is 13.3. The lowest BCUT2D eigenvalue weighted by Gasteiger charge is -2.14. The maximum atomic E-state index is 13.2. The van der Waals surface area contributed by atoms with E-state index >= 15 is 0 Å². The summed E-state index contributed by atoms with van der Waals surface area (Å²) in [6.07, 6.45) is 10.1. The van der Waals surface area contributed by atoms with E-state index in [2.05, 4.69) is 17.6 Å². The highest BCUT2D eigenvalue weighted by Gasteiger charge is 2.15. The minimum absolute atomic E-state index is 0.249. The van der Waals surface area contributed by atoms with Gasteiger partial charge in [0.1, 0.15) is 0 Å². The van der Waals surface area contributed by atoms with Crippen LogP contribution in [0.5, 0.6) is 0 Å². The van der Waals surface area contributed by atoms with E-state index in [1.165, 1.54) is 13.7 Å². The number of carbonyl (C=O) groups excluding carboxylic acids is 2. The third-order valence-electron chi connectivity index (χ3n) is 6.58. The van der Waals surface area contributed by atoms with Crippen LogP contribution in [0.1, 0.15) is 104 Å². The minimum Gasteiger partial charge on any atom is -0.450 e. The number of alkyl carbamates (subject to hydrolysis) is 2. The first kappa shape index (κ1) is 35.0. The molecule has 2 N–H and O–H groups in total. The van der Waals surface area contributed by atoms with Crippen molar-refractivity contribution in [1.29, 1.82) is 0 Å². The molecule has 40 heavy (non-hydrogen) atoms. The van der Waals surface area contributed by atoms with Crippen LogP contribution in [-0.4, -0.2) is 52.2 Å². The molecule has 0 aliphatic carbocycles. The highest BCUT2D eigenvalue weighted by molar-refractivity contribution is 5.67. The van der Waals surface area contributed by atoms with Crippen molar-refractivity contribution in [1.82, 2.24) is 24.3 Å². The van der Waals surface area contributed by atoms with Gasteiger partial charge in [-0.05, 0) is 46.0 Å². The zero-order valence-electron chi connectivity index (χ0n) is 24.8. The molecule has 1 aromatic heterocycles. The fourth-order valence-corrected chi connectivity index (χ4v) is 4.37. The summed E-state index contributed by atoms with van der Waals surface area (Å²) in [6, 6.07) is 0. The summed E-state index contributed by atoms with van der Waals surface area (Å²) in [7, 11) is 0. The second kappa shape index (κ2) is 21.7. The summed E-state index contributed by atoms with van der Waals surface area (Å²) in [5, 5.41) is 5.35. The van der Waals surface area contributed by atoms with E-state index in [1.54, 1.807) is 13.8 Å². The molecule has 0 spiro atoms. The van der Waals surface area contributed by atoms with Crippen molar-refractivity contribution < 1.29 is 19.1 Å². The molecule has 0 radical (unpaired) electrons. The molecule has 0 atom stereocenters. The van der Waals surface area contributed by atoms with Crippen LogP contribution in [-0.2, 0) is 29.1 Å². The summed E-state index contributed by atoms with van der Waals surface area (Å²) in [5.41, 5.74) is -1.61. The predicted molar refractivity (Wildman–Crippen MR) is 155 cm³/mol. The average molecular weight is 570 g/mol. The number of hydrogen-bond donors (Lipinski definition) is 2. The first-order valence-electron chi connectivity index (χ1n) is 15.1. The number of nitrogens with zero attached hydrogens (tertiary/aromatic N) is 3. The third kappa shape index (κ3) is 13.8. The van der Waals surface area contributed by atoms with Gasteiger partial charge in [0.15, 0.2) is 0 Å². The lowest BCUT2D eigenvalue weighted by molar-refractivity contribution is 0.151. The van der Waals surface area contributed by atoms with Crippen molar-refractivity contribution in [2.24, 2.45) is 0 Å². The number of aromatic nitrogens is 3. The zero-order valence-corrected chi connectivity index (χ0v) is 24.8. The molecular formula is C28H51N5O7. The van der Waals surface area contributed by atoms with Gasteiger partial charge >= 0.3 is 29.3 Å². The maximum absolute atomic E-state index is 13.2. The van der Waals surface area contributed by atoms with Gasteiger partial charge in [0.25, 0.3) is 0 Å². The number of unbranched alkanes of at least 4 members (excludes halogenated alkanes) is 10. The Bertz CT molecular complexity index is 961. The molecule has 0 unspecified atom stereocenters. The summed E-state index contributed by atoms with van der Waals surface area (Å²) >= 11 is 0. The number of amides is 2. The molecule has 0 saturated carbocycles. The standard InChI is InChI=1S/C28H51N5O7/c1-4-7-8-11-16-21-31-26(36)32(22-17-12-9-14-19-29-24(34)39-5-2)28(38)33(27(31)37)23-18-13-10-15-20-30-25(35)40-6-3/h4-23H2,1-3H3,(H,29,34)(H,30,35). The number of ether oxygens (including phenoxy) is 2. The van der Waals surface area contributed by atoms with Crippen LogP contribution in [0, 0.1) is 0 Å². The smallest absolute Gasteiger partial charge is 0.407 e. The second-order valence-electron chi connectivity index (χ2n) is 9.84. The van der Waals surface area contributed by atoms with Gasteiger partial charge < -0.3 is 20.1 Å². The van der Waals surface area contributed by atoms with E-state index in [1.807, 2.05) is 0 Å². The molecule has 12 nitrogen and oxygen atoms in total. The van der Waals surface area contributed by atoms with Gasteiger partial charge in [0.05, 0.1) is 13.2 Å². The monoisotopic (exact) mass is 569 g/mol. The quantitative estimate of drug-likeness (QED) is 0.202. The number of rotatable bonds is 22. The van der Waals surface area contributed by atoms with Crippen molar-refractivity contribution in [3.8, 4) is 0 Å². The summed E-state index contributed by atoms with van der Waals surface area (Å²) in [4.78, 5) is 62.1. The van der Waals surface area contributed by atoms with Crippen LogP contribution >= 0.6 is 0 Å². The minimum atomic E-state index is -0.551. The zero-order chi connectivity index (χ0) is 29.6. The molecule has 12 heteroatoms. The summed E-state index contributed by atoms with van der Waals surface area (Å²) in [5.74, 6) is 0. The largest absolute Gasteiger partial charge is 0.450 e. The normalized spacial score (nSPS) is 10.9. The van der Waals surface area contributed by atoms with Gasteiger partial charge in [-0.2, -0.15) is 0 Å². The van der Waals surface area contributed by atoms with E-state index < -0.39 is 29.3 Å². The first-order chi connectivity index (χ1) is 19.4. The van der Waals surface area contributed by atoms with Crippen LogP contribution < -0.4 is 27.7 Å². The molecule has 2 amide bonds. The Kier molecular flexibility index (Phi) is 19.0. The Morgan fingerprint density at radius 3 is 1.18 bits per heavy atom. The lowest BCUT2D eigenvalue weighted by atomic mass is 10.1. The average Bonchev–Trinajstić information content (AvgIpc) is 2.92. The summed E-state index contributed by atoms with van der Waals surface area (Å²) in [6.45, 7) is 8.10. The van der Waals surface area contributed by atoms with Crippen LogP contribution in [0.15, 0.2) is 14.4 Å². The van der Waals surface area contributed by atoms with Gasteiger partial charge in [-0.3, -0.25) is 0 Å². The Morgan fingerprint density at radius 2 is 0.850 bits per heavy atom. The number of carbonyl (C=O) groups is 2. The molecule has 0 aliphatic rings. The first-order valence-corrected chi connectivity index (χ1v) is 15.1. The molecule has 0 fully saturated rings. The molecule has 230 valence electrons. The second-order valence-corrected chi connectivity index (χ2v) is 9.84. The van der Waals surface area contributed by atoms with Crippen molar-refractivity contribution in [2.45, 2.75) is 124 Å². The maximum Gasteiger partial charge on any atom is 0.407 e.